The molecular formula is C35H34ClN6O3. The lowest BCUT2D eigenvalue weighted by Crippen LogP contribution is -2.56. The molecule has 6 rings (SSSR count). The normalized spacial score (nSPS) is 16.8. The van der Waals surface area contributed by atoms with Gasteiger partial charge in [0.25, 0.3) is 5.91 Å². The van der Waals surface area contributed by atoms with Crippen molar-refractivity contribution in [3.63, 3.8) is 0 Å². The number of anilines is 2. The number of halogens is 1. The van der Waals surface area contributed by atoms with E-state index in [2.05, 4.69) is 25.8 Å². The number of piperazine rings is 1. The Hall–Kier alpha value is -4.73. The van der Waals surface area contributed by atoms with Gasteiger partial charge in [-0.1, -0.05) is 60.1 Å². The number of rotatable bonds is 8. The van der Waals surface area contributed by atoms with E-state index in [1.165, 1.54) is 6.20 Å². The second-order valence-corrected chi connectivity index (χ2v) is 11.6. The summed E-state index contributed by atoms with van der Waals surface area (Å²) >= 11 is 6.11. The van der Waals surface area contributed by atoms with E-state index in [-0.39, 0.29) is 17.7 Å². The summed E-state index contributed by atoms with van der Waals surface area (Å²) < 4.78 is 0. The summed E-state index contributed by atoms with van der Waals surface area (Å²) in [5, 5.41) is 9.88. The molecule has 2 aliphatic heterocycles. The molecule has 1 unspecified atom stereocenters. The number of benzene rings is 3. The number of hydrogen-bond acceptors (Lipinski definition) is 6. The highest BCUT2D eigenvalue weighted by atomic mass is 35.5. The number of nitrogens with one attached hydrogen (secondary N) is 3. The van der Waals surface area contributed by atoms with E-state index < -0.39 is 12.1 Å². The minimum Gasteiger partial charge on any atom is -0.366 e. The van der Waals surface area contributed by atoms with Crippen LogP contribution in [0.2, 0.25) is 5.02 Å². The van der Waals surface area contributed by atoms with E-state index in [0.29, 0.717) is 48.9 Å². The van der Waals surface area contributed by atoms with Gasteiger partial charge >= 0.3 is 0 Å². The molecule has 2 aliphatic rings. The lowest BCUT2D eigenvalue weighted by molar-refractivity contribution is -0.137. The van der Waals surface area contributed by atoms with Crippen LogP contribution in [0.25, 0.3) is 0 Å². The van der Waals surface area contributed by atoms with Crippen LogP contribution in [0, 0.1) is 6.54 Å². The molecule has 229 valence electrons. The van der Waals surface area contributed by atoms with Crippen molar-refractivity contribution in [1.29, 1.82) is 0 Å². The Bertz CT molecular complexity index is 1660. The Labute approximate surface area is 267 Å². The van der Waals surface area contributed by atoms with Gasteiger partial charge in [-0.25, -0.2) is 0 Å². The summed E-state index contributed by atoms with van der Waals surface area (Å²) in [7, 11) is 0. The van der Waals surface area contributed by atoms with Crippen LogP contribution in [0.5, 0.6) is 0 Å². The number of carbonyl (C=O) groups is 3. The van der Waals surface area contributed by atoms with E-state index >= 15 is 0 Å². The minimum atomic E-state index is -0.757. The highest BCUT2D eigenvalue weighted by Gasteiger charge is 2.33. The van der Waals surface area contributed by atoms with Crippen LogP contribution in [0.4, 0.5) is 11.4 Å². The third kappa shape index (κ3) is 7.16. The molecular weight excluding hydrogens is 588 g/mol. The lowest BCUT2D eigenvalue weighted by atomic mass is 9.93. The zero-order valence-electron chi connectivity index (χ0n) is 24.7. The molecule has 1 radical (unpaired) electrons. The number of pyridine rings is 1. The first-order valence-corrected chi connectivity index (χ1v) is 15.4. The first-order chi connectivity index (χ1) is 22.0. The second kappa shape index (κ2) is 13.9. The molecule has 0 bridgehead atoms. The summed E-state index contributed by atoms with van der Waals surface area (Å²) in [5.74, 6) is -0.621. The van der Waals surface area contributed by atoms with E-state index in [9.17, 15) is 14.4 Å². The van der Waals surface area contributed by atoms with Gasteiger partial charge < -0.3 is 20.4 Å². The predicted octanol–water partition coefficient (Wildman–Crippen LogP) is 4.41. The molecule has 1 saturated heterocycles. The molecule has 3 heterocycles. The van der Waals surface area contributed by atoms with Gasteiger partial charge in [0, 0.05) is 56.6 Å². The molecule has 3 aromatic carbocycles. The number of hydrogen-bond donors (Lipinski definition) is 3. The second-order valence-electron chi connectivity index (χ2n) is 11.1. The Morgan fingerprint density at radius 2 is 1.67 bits per heavy atom. The number of carbonyl (C=O) groups excluding carboxylic acids is 3. The first-order valence-electron chi connectivity index (χ1n) is 15.0. The fourth-order valence-corrected chi connectivity index (χ4v) is 5.97. The van der Waals surface area contributed by atoms with Crippen molar-refractivity contribution >= 4 is 40.7 Å². The summed E-state index contributed by atoms with van der Waals surface area (Å²) in [6.45, 7) is 3.96. The van der Waals surface area contributed by atoms with Gasteiger partial charge in [0.2, 0.25) is 11.8 Å². The van der Waals surface area contributed by atoms with Crippen molar-refractivity contribution in [2.24, 2.45) is 0 Å². The molecule has 1 aromatic heterocycles. The van der Waals surface area contributed by atoms with Gasteiger partial charge in [-0.05, 0) is 59.5 Å². The SMILES string of the molecule is O=C(Nc1ccccc1N1CCN(C(=O)[C@@H](Cc2ccc(Cl)cc2)NC(=O)C2N[CH]Cc3ccccc32)CC1)c1cccnc1. The van der Waals surface area contributed by atoms with Crippen molar-refractivity contribution in [2.45, 2.75) is 24.9 Å². The van der Waals surface area contributed by atoms with Gasteiger partial charge in [-0.3, -0.25) is 24.7 Å². The van der Waals surface area contributed by atoms with Crippen LogP contribution >= 0.6 is 11.6 Å². The quantitative estimate of drug-likeness (QED) is 0.269. The molecule has 45 heavy (non-hydrogen) atoms. The standard InChI is InChI=1S/C35H34ClN6O3/c36-27-13-11-24(12-14-27)22-30(40-34(44)32-28-8-2-1-6-25(28)15-17-38-32)35(45)42-20-18-41(19-21-42)31-10-4-3-9-29(31)39-33(43)26-7-5-16-37-23-26/h1-14,16-17,23,30,32,38H,15,18-22H2,(H,39,43)(H,40,44)/t30-,32?/m1/s1. The maximum Gasteiger partial charge on any atom is 0.257 e. The number of amides is 3. The van der Waals surface area contributed by atoms with E-state index in [1.807, 2.05) is 72.1 Å². The molecule has 2 atom stereocenters. The Morgan fingerprint density at radius 1 is 0.911 bits per heavy atom. The number of para-hydroxylation sites is 2. The van der Waals surface area contributed by atoms with E-state index in [1.54, 1.807) is 30.5 Å². The van der Waals surface area contributed by atoms with Crippen molar-refractivity contribution in [1.82, 2.24) is 20.5 Å². The molecule has 3 N–H and O–H groups in total. The molecule has 0 aliphatic carbocycles. The molecule has 1 fully saturated rings. The molecule has 9 nitrogen and oxygen atoms in total. The predicted molar refractivity (Wildman–Crippen MR) is 175 cm³/mol. The van der Waals surface area contributed by atoms with Crippen molar-refractivity contribution < 1.29 is 14.4 Å². The fourth-order valence-electron chi connectivity index (χ4n) is 5.84. The number of fused-ring (bicyclic) bond motifs is 1. The van der Waals surface area contributed by atoms with Crippen molar-refractivity contribution in [3.8, 4) is 0 Å². The summed E-state index contributed by atoms with van der Waals surface area (Å²) in [6, 6.07) is 24.9. The molecule has 3 amide bonds. The third-order valence-corrected chi connectivity index (χ3v) is 8.46. The highest BCUT2D eigenvalue weighted by molar-refractivity contribution is 6.30. The zero-order chi connectivity index (χ0) is 31.2. The summed E-state index contributed by atoms with van der Waals surface area (Å²) in [6.07, 6.45) is 4.22. The zero-order valence-corrected chi connectivity index (χ0v) is 25.4. The van der Waals surface area contributed by atoms with Crippen LogP contribution in [-0.4, -0.2) is 59.8 Å². The third-order valence-electron chi connectivity index (χ3n) is 8.21. The van der Waals surface area contributed by atoms with Gasteiger partial charge in [0.1, 0.15) is 12.1 Å². The first kappa shape index (κ1) is 30.3. The van der Waals surface area contributed by atoms with Crippen LogP contribution in [0.15, 0.2) is 97.3 Å². The highest BCUT2D eigenvalue weighted by Crippen LogP contribution is 2.28. The van der Waals surface area contributed by atoms with Crippen molar-refractivity contribution in [2.75, 3.05) is 36.4 Å². The van der Waals surface area contributed by atoms with Gasteiger partial charge in [-0.15, -0.1) is 0 Å². The average molecular weight is 622 g/mol. The lowest BCUT2D eigenvalue weighted by Gasteiger charge is -2.38. The number of nitrogens with zero attached hydrogens (tertiary/aromatic N) is 3. The maximum atomic E-state index is 14.0. The smallest absolute Gasteiger partial charge is 0.257 e. The summed E-state index contributed by atoms with van der Waals surface area (Å²) in [5.41, 5.74) is 4.95. The molecule has 0 spiro atoms. The fraction of sp³-hybridized carbons (Fsp3) is 0.229. The Morgan fingerprint density at radius 3 is 2.44 bits per heavy atom. The Kier molecular flexibility index (Phi) is 9.38. The molecule has 10 heteroatoms. The van der Waals surface area contributed by atoms with E-state index in [0.717, 1.165) is 28.8 Å². The van der Waals surface area contributed by atoms with Gasteiger partial charge in [0.05, 0.1) is 16.9 Å². The van der Waals surface area contributed by atoms with Crippen molar-refractivity contribution in [3.05, 3.63) is 131 Å². The molecule has 4 aromatic rings. The van der Waals surface area contributed by atoms with Crippen LogP contribution in [0.1, 0.15) is 33.1 Å². The minimum absolute atomic E-state index is 0.135. The van der Waals surface area contributed by atoms with Crippen LogP contribution in [-0.2, 0) is 22.4 Å². The molecule has 0 saturated carbocycles. The van der Waals surface area contributed by atoms with Crippen LogP contribution < -0.4 is 20.9 Å². The topological polar surface area (TPSA) is 107 Å². The largest absolute Gasteiger partial charge is 0.366 e. The van der Waals surface area contributed by atoms with Crippen LogP contribution in [0.3, 0.4) is 0 Å². The van der Waals surface area contributed by atoms with Gasteiger partial charge in [-0.2, -0.15) is 0 Å². The maximum absolute atomic E-state index is 14.0. The number of aromatic nitrogens is 1. The monoisotopic (exact) mass is 621 g/mol. The summed E-state index contributed by atoms with van der Waals surface area (Å²) in [4.78, 5) is 48.5. The Balaban J connectivity index is 1.15. The average Bonchev–Trinajstić information content (AvgIpc) is 3.09. The van der Waals surface area contributed by atoms with E-state index in [4.69, 9.17) is 11.6 Å². The van der Waals surface area contributed by atoms with Gasteiger partial charge in [0.15, 0.2) is 0 Å².